The molecule has 0 radical (unpaired) electrons. The van der Waals surface area contributed by atoms with Crippen LogP contribution in [0.15, 0.2) is 12.2 Å². The number of fused-ring (bicyclic) bond motifs is 7. The van der Waals surface area contributed by atoms with Gasteiger partial charge in [-0.25, -0.2) is 0 Å². The van der Waals surface area contributed by atoms with Crippen LogP contribution in [0.5, 0.6) is 0 Å². The van der Waals surface area contributed by atoms with E-state index in [0.717, 1.165) is 64.5 Å². The zero-order valence-corrected chi connectivity index (χ0v) is 29.6. The summed E-state index contributed by atoms with van der Waals surface area (Å²) in [6, 6.07) is 0.671. The van der Waals surface area contributed by atoms with Crippen LogP contribution in [0.1, 0.15) is 131 Å². The van der Waals surface area contributed by atoms with Crippen molar-refractivity contribution < 1.29 is 15.0 Å². The van der Waals surface area contributed by atoms with E-state index in [1.165, 1.54) is 63.6 Å². The lowest BCUT2D eigenvalue weighted by molar-refractivity contribution is -0.253. The molecule has 0 spiro atoms. The summed E-state index contributed by atoms with van der Waals surface area (Å²) >= 11 is 0. The van der Waals surface area contributed by atoms with Gasteiger partial charge in [-0.2, -0.15) is 0 Å². The lowest BCUT2D eigenvalue weighted by atomic mass is 9.32. The number of hydrogen-bond donors (Lipinski definition) is 2. The van der Waals surface area contributed by atoms with Gasteiger partial charge in [-0.15, -0.1) is 0 Å². The van der Waals surface area contributed by atoms with Crippen LogP contribution in [-0.2, 0) is 4.79 Å². The van der Waals surface area contributed by atoms with Gasteiger partial charge in [0, 0.05) is 24.5 Å². The first-order valence-electron chi connectivity index (χ1n) is 19.3. The molecule has 1 amide bonds. The molecule has 4 unspecified atom stereocenters. The van der Waals surface area contributed by atoms with Crippen molar-refractivity contribution in [1.82, 2.24) is 9.80 Å². The average molecular weight is 623 g/mol. The van der Waals surface area contributed by atoms with Crippen molar-refractivity contribution in [3.8, 4) is 0 Å². The fourth-order valence-corrected chi connectivity index (χ4v) is 14.6. The molecule has 0 aromatic heterocycles. The molecule has 11 atom stereocenters. The standard InChI is InChI=1S/C40H66N2O3/c1-27(2)29-12-19-40(35(45)42-24-15-28(16-25-42)41-22-8-7-9-23-41)21-20-38(5)30(34(29)40)10-11-32-36(3)17-14-33(44)37(4,26-43)31(36)13-18-39(32,38)6/h28-34,43-44H,1,7-26H2,2-6H3/t29-,30?,31?,32?,33-,34?,36-,37-,38+,39+,40-/m0/s1. The summed E-state index contributed by atoms with van der Waals surface area (Å²) in [6.07, 6.45) is 17.0. The van der Waals surface area contributed by atoms with Gasteiger partial charge in [-0.05, 0) is 156 Å². The van der Waals surface area contributed by atoms with Gasteiger partial charge in [0.05, 0.1) is 18.1 Å². The summed E-state index contributed by atoms with van der Waals surface area (Å²) in [5.41, 5.74) is 1.25. The van der Waals surface area contributed by atoms with Crippen LogP contribution in [0.4, 0.5) is 0 Å². The maximum atomic E-state index is 15.0. The van der Waals surface area contributed by atoms with Crippen LogP contribution in [0, 0.1) is 56.7 Å². The van der Waals surface area contributed by atoms with Crippen LogP contribution in [0.3, 0.4) is 0 Å². The Labute approximate surface area is 275 Å². The van der Waals surface area contributed by atoms with Gasteiger partial charge < -0.3 is 20.0 Å². The van der Waals surface area contributed by atoms with E-state index in [4.69, 9.17) is 0 Å². The number of nitrogens with zero attached hydrogens (tertiary/aromatic N) is 2. The number of piperidine rings is 2. The Morgan fingerprint density at radius 2 is 1.49 bits per heavy atom. The molecule has 0 aromatic rings. The molecule has 2 aliphatic heterocycles. The van der Waals surface area contributed by atoms with Gasteiger partial charge in [0.2, 0.25) is 5.91 Å². The van der Waals surface area contributed by atoms with E-state index in [2.05, 4.69) is 51.0 Å². The molecular formula is C40H66N2O3. The minimum absolute atomic E-state index is 0.0834. The minimum atomic E-state index is -0.405. The van der Waals surface area contributed by atoms with Crippen LogP contribution >= 0.6 is 0 Å². The SMILES string of the molecule is C=C(C)[C@@H]1CC[C@]2(C(=O)N3CCC(N4CCCCC4)CC3)CC[C@]3(C)C(CCC4[C@@]5(C)CC[C@H](O)[C@@](C)(CO)C5CC[C@]43C)C12. The molecule has 5 aliphatic carbocycles. The zero-order chi connectivity index (χ0) is 32.0. The lowest BCUT2D eigenvalue weighted by Crippen LogP contribution is -2.68. The summed E-state index contributed by atoms with van der Waals surface area (Å²) in [6.45, 7) is 21.3. The third-order valence-electron chi connectivity index (χ3n) is 17.3. The molecule has 2 N–H and O–H groups in total. The van der Waals surface area contributed by atoms with Gasteiger partial charge >= 0.3 is 0 Å². The largest absolute Gasteiger partial charge is 0.396 e. The number of rotatable bonds is 4. The highest BCUT2D eigenvalue weighted by atomic mass is 16.3. The number of aliphatic hydroxyl groups excluding tert-OH is 2. The number of likely N-dealkylation sites (tertiary alicyclic amines) is 2. The number of carbonyl (C=O) groups excluding carboxylic acids is 1. The van der Waals surface area contributed by atoms with Gasteiger partial charge in [0.1, 0.15) is 0 Å². The zero-order valence-electron chi connectivity index (χ0n) is 29.6. The van der Waals surface area contributed by atoms with Crippen molar-refractivity contribution in [2.24, 2.45) is 56.7 Å². The van der Waals surface area contributed by atoms with E-state index < -0.39 is 11.5 Å². The molecule has 0 bridgehead atoms. The smallest absolute Gasteiger partial charge is 0.229 e. The summed E-state index contributed by atoms with van der Waals surface area (Å²) in [4.78, 5) is 20.0. The quantitative estimate of drug-likeness (QED) is 0.320. The minimum Gasteiger partial charge on any atom is -0.396 e. The fraction of sp³-hybridized carbons (Fsp3) is 0.925. The Hall–Kier alpha value is -0.910. The van der Waals surface area contributed by atoms with Gasteiger partial charge in [0.15, 0.2) is 0 Å². The van der Waals surface area contributed by atoms with Crippen molar-refractivity contribution in [2.75, 3.05) is 32.8 Å². The first-order valence-corrected chi connectivity index (χ1v) is 19.3. The molecule has 7 fully saturated rings. The number of allylic oxidation sites excluding steroid dienone is 1. The molecular weight excluding hydrogens is 556 g/mol. The third kappa shape index (κ3) is 4.50. The van der Waals surface area contributed by atoms with Crippen LogP contribution in [0.25, 0.3) is 0 Å². The normalized spacial score (nSPS) is 50.7. The second-order valence-corrected chi connectivity index (χ2v) is 18.7. The Kier molecular flexibility index (Phi) is 8.21. The van der Waals surface area contributed by atoms with E-state index in [1.54, 1.807) is 0 Å². The van der Waals surface area contributed by atoms with Crippen LogP contribution < -0.4 is 0 Å². The summed E-state index contributed by atoms with van der Waals surface area (Å²) < 4.78 is 0. The van der Waals surface area contributed by atoms with E-state index in [1.807, 2.05) is 0 Å². The van der Waals surface area contributed by atoms with Crippen molar-refractivity contribution in [3.05, 3.63) is 12.2 Å². The molecule has 45 heavy (non-hydrogen) atoms. The highest BCUT2D eigenvalue weighted by Crippen LogP contribution is 2.77. The van der Waals surface area contributed by atoms with E-state index in [-0.39, 0.29) is 28.3 Å². The third-order valence-corrected chi connectivity index (χ3v) is 17.3. The van der Waals surface area contributed by atoms with Crippen molar-refractivity contribution in [2.45, 2.75) is 143 Å². The first kappa shape index (κ1) is 32.6. The van der Waals surface area contributed by atoms with Crippen molar-refractivity contribution in [3.63, 3.8) is 0 Å². The summed E-state index contributed by atoms with van der Waals surface area (Å²) in [5.74, 6) is 2.91. The van der Waals surface area contributed by atoms with Gasteiger partial charge in [-0.3, -0.25) is 4.79 Å². The maximum absolute atomic E-state index is 15.0. The monoisotopic (exact) mass is 623 g/mol. The molecule has 7 aliphatic rings. The van der Waals surface area contributed by atoms with Gasteiger partial charge in [0.25, 0.3) is 0 Å². The fourth-order valence-electron chi connectivity index (χ4n) is 14.6. The lowest BCUT2D eigenvalue weighted by Gasteiger charge is -2.73. The predicted molar refractivity (Wildman–Crippen MR) is 181 cm³/mol. The van der Waals surface area contributed by atoms with E-state index in [0.29, 0.717) is 41.5 Å². The number of amides is 1. The van der Waals surface area contributed by atoms with Crippen molar-refractivity contribution in [1.29, 1.82) is 0 Å². The molecule has 254 valence electrons. The van der Waals surface area contributed by atoms with Crippen LogP contribution in [-0.4, -0.2) is 70.9 Å². The highest BCUT2D eigenvalue weighted by Gasteiger charge is 2.72. The predicted octanol–water partition coefficient (Wildman–Crippen LogP) is 7.45. The topological polar surface area (TPSA) is 64.0 Å². The van der Waals surface area contributed by atoms with Crippen molar-refractivity contribution >= 4 is 5.91 Å². The molecule has 0 aromatic carbocycles. The van der Waals surface area contributed by atoms with E-state index in [9.17, 15) is 15.0 Å². The maximum Gasteiger partial charge on any atom is 0.229 e. The number of aliphatic hydroxyl groups is 2. The second-order valence-electron chi connectivity index (χ2n) is 18.7. The number of carbonyl (C=O) groups is 1. The average Bonchev–Trinajstić information content (AvgIpc) is 3.45. The Balaban J connectivity index is 1.17. The summed E-state index contributed by atoms with van der Waals surface area (Å²) in [7, 11) is 0. The molecule has 2 saturated heterocycles. The molecule has 5 heteroatoms. The molecule has 7 rings (SSSR count). The highest BCUT2D eigenvalue weighted by molar-refractivity contribution is 5.84. The first-order chi connectivity index (χ1) is 21.4. The van der Waals surface area contributed by atoms with E-state index >= 15 is 0 Å². The van der Waals surface area contributed by atoms with Crippen LogP contribution in [0.2, 0.25) is 0 Å². The summed E-state index contributed by atoms with van der Waals surface area (Å²) in [5, 5.41) is 21.7. The molecule has 5 nitrogen and oxygen atoms in total. The second kappa shape index (κ2) is 11.3. The Morgan fingerprint density at radius 1 is 0.778 bits per heavy atom. The van der Waals surface area contributed by atoms with Gasteiger partial charge in [-0.1, -0.05) is 46.3 Å². The Morgan fingerprint density at radius 3 is 2.16 bits per heavy atom. The molecule has 5 saturated carbocycles. The Bertz CT molecular complexity index is 1160. The number of hydrogen-bond acceptors (Lipinski definition) is 4. The molecule has 2 heterocycles.